The molecule has 0 aliphatic rings. The number of halogens is 1. The van der Waals surface area contributed by atoms with E-state index in [1.165, 1.54) is 13.2 Å². The average Bonchev–Trinajstić information content (AvgIpc) is 2.72. The second-order valence-electron chi connectivity index (χ2n) is 6.06. The third-order valence-electron chi connectivity index (χ3n) is 4.03. The first-order valence-corrected chi connectivity index (χ1v) is 9.00. The Kier molecular flexibility index (Phi) is 6.28. The summed E-state index contributed by atoms with van der Waals surface area (Å²) in [5, 5.41) is 14.8. The molecule has 1 heterocycles. The first-order valence-electron chi connectivity index (χ1n) is 8.62. The van der Waals surface area contributed by atoms with Gasteiger partial charge >= 0.3 is 5.69 Å². The van der Waals surface area contributed by atoms with Gasteiger partial charge in [0.2, 0.25) is 11.6 Å². The number of carbonyl (C=O) groups is 1. The number of rotatable bonds is 7. The summed E-state index contributed by atoms with van der Waals surface area (Å²) in [5.41, 5.74) is 5.97. The molecule has 0 saturated carbocycles. The Labute approximate surface area is 176 Å². The summed E-state index contributed by atoms with van der Waals surface area (Å²) in [4.78, 5) is 31.2. The molecule has 10 nitrogen and oxygen atoms in total. The topological polar surface area (TPSA) is 131 Å². The fourth-order valence-corrected chi connectivity index (χ4v) is 2.83. The molecule has 0 bridgehead atoms. The van der Waals surface area contributed by atoms with E-state index in [1.807, 2.05) is 13.0 Å². The molecule has 11 heteroatoms. The predicted octanol–water partition coefficient (Wildman–Crippen LogP) is 3.86. The summed E-state index contributed by atoms with van der Waals surface area (Å²) in [6.07, 6.45) is 1.13. The number of nitrogens with one attached hydrogen (secondary N) is 3. The first-order chi connectivity index (χ1) is 14.4. The molecular formula is C19H17ClN6O4. The van der Waals surface area contributed by atoms with Crippen LogP contribution >= 0.6 is 11.6 Å². The summed E-state index contributed by atoms with van der Waals surface area (Å²) < 4.78 is 5.28. The molecule has 154 valence electrons. The van der Waals surface area contributed by atoms with Crippen LogP contribution in [0.25, 0.3) is 0 Å². The molecule has 2 aromatic carbocycles. The van der Waals surface area contributed by atoms with Gasteiger partial charge in [-0.05, 0) is 36.8 Å². The van der Waals surface area contributed by atoms with Crippen LogP contribution in [0.4, 0.5) is 23.0 Å². The highest BCUT2D eigenvalue weighted by atomic mass is 35.5. The van der Waals surface area contributed by atoms with Gasteiger partial charge in [-0.3, -0.25) is 25.8 Å². The van der Waals surface area contributed by atoms with E-state index in [2.05, 4.69) is 26.1 Å². The van der Waals surface area contributed by atoms with E-state index >= 15 is 0 Å². The molecule has 0 radical (unpaired) electrons. The number of aromatic nitrogens is 2. The van der Waals surface area contributed by atoms with Gasteiger partial charge in [-0.15, -0.1) is 0 Å². The molecule has 0 aliphatic carbocycles. The summed E-state index contributed by atoms with van der Waals surface area (Å²) in [5.74, 6) is -0.378. The molecule has 0 unspecified atom stereocenters. The third kappa shape index (κ3) is 4.55. The fraction of sp³-hybridized carbons (Fsp3) is 0.105. The van der Waals surface area contributed by atoms with E-state index < -0.39 is 16.5 Å². The number of anilines is 3. The lowest BCUT2D eigenvalue weighted by Gasteiger charge is -2.13. The number of carbonyl (C=O) groups excluding carboxylic acids is 1. The maximum absolute atomic E-state index is 12.3. The van der Waals surface area contributed by atoms with Gasteiger partial charge in [0.25, 0.3) is 5.91 Å². The highest BCUT2D eigenvalue weighted by Crippen LogP contribution is 2.34. The molecule has 1 amide bonds. The van der Waals surface area contributed by atoms with Gasteiger partial charge in [0.1, 0.15) is 12.1 Å². The van der Waals surface area contributed by atoms with Crippen molar-refractivity contribution in [2.75, 3.05) is 17.9 Å². The normalized spacial score (nSPS) is 10.2. The number of hydrogen-bond acceptors (Lipinski definition) is 8. The van der Waals surface area contributed by atoms with Gasteiger partial charge in [-0.2, -0.15) is 0 Å². The number of hydrazine groups is 1. The van der Waals surface area contributed by atoms with Crippen molar-refractivity contribution >= 4 is 40.5 Å². The second-order valence-corrected chi connectivity index (χ2v) is 6.47. The number of nitrogens with zero attached hydrogens (tertiary/aromatic N) is 3. The number of nitro groups is 1. The monoisotopic (exact) mass is 428 g/mol. The van der Waals surface area contributed by atoms with Crippen LogP contribution in [0.1, 0.15) is 15.9 Å². The lowest BCUT2D eigenvalue weighted by Crippen LogP contribution is -2.30. The lowest BCUT2D eigenvalue weighted by atomic mass is 10.2. The van der Waals surface area contributed by atoms with Gasteiger partial charge in [0.05, 0.1) is 28.3 Å². The summed E-state index contributed by atoms with van der Waals surface area (Å²) in [7, 11) is 1.49. The zero-order valence-electron chi connectivity index (χ0n) is 16.0. The molecule has 3 aromatic rings. The van der Waals surface area contributed by atoms with Crippen molar-refractivity contribution in [2.24, 2.45) is 0 Å². The fourth-order valence-electron chi connectivity index (χ4n) is 2.61. The molecule has 0 atom stereocenters. The Bertz CT molecular complexity index is 1110. The van der Waals surface area contributed by atoms with Gasteiger partial charge < -0.3 is 10.1 Å². The lowest BCUT2D eigenvalue weighted by molar-refractivity contribution is -0.383. The van der Waals surface area contributed by atoms with E-state index in [0.29, 0.717) is 11.4 Å². The molecular weight excluding hydrogens is 412 g/mol. The van der Waals surface area contributed by atoms with Gasteiger partial charge in [-0.25, -0.2) is 9.97 Å². The Hall–Kier alpha value is -3.92. The minimum atomic E-state index is -0.658. The smallest absolute Gasteiger partial charge is 0.355 e. The molecule has 0 aliphatic heterocycles. The van der Waals surface area contributed by atoms with Crippen LogP contribution in [0.5, 0.6) is 5.75 Å². The zero-order chi connectivity index (χ0) is 21.7. The Morgan fingerprint density at radius 2 is 1.90 bits per heavy atom. The standard InChI is InChI=1S/C19H17ClN6O4/c1-11-7-8-15(30-2)14(9-11)23-17-16(26(28)29)18(22-10-21-17)24-25-19(27)12-5-3-4-6-13(12)20/h3-10H,1-2H3,(H,25,27)(H2,21,22,23,24). The van der Waals surface area contributed by atoms with Crippen molar-refractivity contribution in [1.29, 1.82) is 0 Å². The predicted molar refractivity (Wildman–Crippen MR) is 112 cm³/mol. The Morgan fingerprint density at radius 1 is 1.17 bits per heavy atom. The molecule has 1 aromatic heterocycles. The van der Waals surface area contributed by atoms with E-state index in [9.17, 15) is 14.9 Å². The maximum Gasteiger partial charge on any atom is 0.355 e. The van der Waals surface area contributed by atoms with Gasteiger partial charge in [0, 0.05) is 0 Å². The third-order valence-corrected chi connectivity index (χ3v) is 4.36. The van der Waals surface area contributed by atoms with E-state index in [0.717, 1.165) is 11.9 Å². The van der Waals surface area contributed by atoms with Gasteiger partial charge in [-0.1, -0.05) is 29.8 Å². The maximum atomic E-state index is 12.3. The second kappa shape index (κ2) is 9.05. The van der Waals surface area contributed by atoms with Crippen molar-refractivity contribution in [3.8, 4) is 5.75 Å². The minimum absolute atomic E-state index is 0.0756. The number of methoxy groups -OCH3 is 1. The summed E-state index contributed by atoms with van der Waals surface area (Å²) in [6, 6.07) is 11.7. The van der Waals surface area contributed by atoms with Crippen molar-refractivity contribution in [3.63, 3.8) is 0 Å². The van der Waals surface area contributed by atoms with E-state index in [4.69, 9.17) is 16.3 Å². The quantitative estimate of drug-likeness (QED) is 0.382. The number of amides is 1. The Morgan fingerprint density at radius 3 is 2.60 bits per heavy atom. The molecule has 3 N–H and O–H groups in total. The largest absolute Gasteiger partial charge is 0.495 e. The minimum Gasteiger partial charge on any atom is -0.495 e. The SMILES string of the molecule is COc1ccc(C)cc1Nc1ncnc(NNC(=O)c2ccccc2Cl)c1[N+](=O)[O-]. The number of aryl methyl sites for hydroxylation is 1. The van der Waals surface area contributed by atoms with E-state index in [1.54, 1.807) is 30.3 Å². The number of benzene rings is 2. The summed E-state index contributed by atoms with van der Waals surface area (Å²) >= 11 is 6.00. The first kappa shape index (κ1) is 20.8. The molecule has 3 rings (SSSR count). The van der Waals surface area contributed by atoms with Crippen molar-refractivity contribution in [1.82, 2.24) is 15.4 Å². The van der Waals surface area contributed by atoms with Crippen LogP contribution in [0.2, 0.25) is 5.02 Å². The molecule has 0 fully saturated rings. The van der Waals surface area contributed by atoms with Gasteiger partial charge in [0.15, 0.2) is 0 Å². The highest BCUT2D eigenvalue weighted by molar-refractivity contribution is 6.33. The van der Waals surface area contributed by atoms with Crippen LogP contribution in [0.15, 0.2) is 48.8 Å². The van der Waals surface area contributed by atoms with Crippen molar-refractivity contribution < 1.29 is 14.5 Å². The van der Waals surface area contributed by atoms with Crippen LogP contribution in [-0.4, -0.2) is 27.9 Å². The summed E-state index contributed by atoms with van der Waals surface area (Å²) in [6.45, 7) is 1.87. The van der Waals surface area contributed by atoms with Crippen molar-refractivity contribution in [2.45, 2.75) is 6.92 Å². The van der Waals surface area contributed by atoms with Crippen LogP contribution < -0.4 is 20.9 Å². The van der Waals surface area contributed by atoms with Crippen LogP contribution in [0.3, 0.4) is 0 Å². The zero-order valence-corrected chi connectivity index (χ0v) is 16.7. The molecule has 30 heavy (non-hydrogen) atoms. The highest BCUT2D eigenvalue weighted by Gasteiger charge is 2.24. The molecule has 0 spiro atoms. The van der Waals surface area contributed by atoms with Crippen LogP contribution in [-0.2, 0) is 0 Å². The Balaban J connectivity index is 1.88. The molecule has 0 saturated heterocycles. The van der Waals surface area contributed by atoms with Crippen molar-refractivity contribution in [3.05, 3.63) is 75.1 Å². The average molecular weight is 429 g/mol. The number of hydrogen-bond donors (Lipinski definition) is 3. The number of ether oxygens (including phenoxy) is 1. The van der Waals surface area contributed by atoms with Crippen LogP contribution in [0, 0.1) is 17.0 Å². The van der Waals surface area contributed by atoms with E-state index in [-0.39, 0.29) is 22.2 Å².